The first-order chi connectivity index (χ1) is 28.0. The van der Waals surface area contributed by atoms with Gasteiger partial charge in [0.1, 0.15) is 0 Å². The minimum atomic E-state index is -0.847. The highest BCUT2D eigenvalue weighted by atomic mass is 16.5. The van der Waals surface area contributed by atoms with Crippen LogP contribution in [0.25, 0.3) is 0 Å². The first-order valence-electron chi connectivity index (χ1n) is 25.1. The van der Waals surface area contributed by atoms with Crippen molar-refractivity contribution in [3.63, 3.8) is 0 Å². The molecule has 57 heavy (non-hydrogen) atoms. The van der Waals surface area contributed by atoms with Crippen LogP contribution in [-0.4, -0.2) is 47.4 Å². The van der Waals surface area contributed by atoms with Gasteiger partial charge in [-0.2, -0.15) is 0 Å². The van der Waals surface area contributed by atoms with Crippen molar-refractivity contribution >= 4 is 11.9 Å². The molecule has 0 radical (unpaired) electrons. The number of aliphatic hydroxyl groups is 2. The van der Waals surface area contributed by atoms with Crippen LogP contribution >= 0.6 is 0 Å². The summed E-state index contributed by atoms with van der Waals surface area (Å²) in [7, 11) is 0. The molecule has 0 aromatic rings. The van der Waals surface area contributed by atoms with Gasteiger partial charge in [-0.05, 0) is 57.8 Å². The van der Waals surface area contributed by atoms with Crippen molar-refractivity contribution in [3.05, 3.63) is 24.3 Å². The number of ether oxygens (including phenoxy) is 1. The van der Waals surface area contributed by atoms with Gasteiger partial charge in [-0.25, -0.2) is 0 Å². The Morgan fingerprint density at radius 3 is 1.25 bits per heavy atom. The number of carbonyl (C=O) groups excluding carboxylic acids is 2. The first kappa shape index (κ1) is 55.3. The molecule has 0 aromatic carbocycles. The van der Waals surface area contributed by atoms with Crippen molar-refractivity contribution in [1.82, 2.24) is 5.32 Å². The SMILES string of the molecule is CCCCCCCCC/C=C/C(O)C(CO)NC(=O)CCCCCCCCC/C=C\CCCCCCCCCCOC(=O)CCCCCCCCCCCCCC. The molecule has 0 saturated carbocycles. The molecule has 0 saturated heterocycles. The van der Waals surface area contributed by atoms with E-state index in [1.807, 2.05) is 6.08 Å². The molecule has 0 fully saturated rings. The third-order valence-electron chi connectivity index (χ3n) is 11.5. The number of hydrogen-bond acceptors (Lipinski definition) is 5. The van der Waals surface area contributed by atoms with Crippen LogP contribution in [0.3, 0.4) is 0 Å². The Bertz CT molecular complexity index is 889. The van der Waals surface area contributed by atoms with Crippen LogP contribution in [-0.2, 0) is 14.3 Å². The van der Waals surface area contributed by atoms with E-state index in [4.69, 9.17) is 4.74 Å². The molecule has 0 aliphatic heterocycles. The zero-order chi connectivity index (χ0) is 41.5. The van der Waals surface area contributed by atoms with Gasteiger partial charge >= 0.3 is 5.97 Å². The molecule has 0 rings (SSSR count). The van der Waals surface area contributed by atoms with Crippen LogP contribution in [0.5, 0.6) is 0 Å². The normalized spacial score (nSPS) is 12.8. The molecule has 0 bridgehead atoms. The minimum absolute atomic E-state index is 0.00315. The summed E-state index contributed by atoms with van der Waals surface area (Å²) in [6.07, 6.45) is 54.7. The maximum absolute atomic E-state index is 12.4. The highest BCUT2D eigenvalue weighted by Crippen LogP contribution is 2.15. The quantitative estimate of drug-likeness (QED) is 0.0324. The molecule has 336 valence electrons. The predicted octanol–water partition coefficient (Wildman–Crippen LogP) is 14.7. The Morgan fingerprint density at radius 1 is 0.474 bits per heavy atom. The molecule has 0 aliphatic carbocycles. The molecular weight excluding hydrogens is 707 g/mol. The summed E-state index contributed by atoms with van der Waals surface area (Å²) in [5, 5.41) is 22.9. The number of aliphatic hydroxyl groups excluding tert-OH is 2. The van der Waals surface area contributed by atoms with Crippen molar-refractivity contribution in [1.29, 1.82) is 0 Å². The van der Waals surface area contributed by atoms with Gasteiger partial charge in [0, 0.05) is 12.8 Å². The summed E-state index contributed by atoms with van der Waals surface area (Å²) < 4.78 is 5.45. The van der Waals surface area contributed by atoms with Crippen molar-refractivity contribution in [3.8, 4) is 0 Å². The number of allylic oxidation sites excluding steroid dienone is 3. The first-order valence-corrected chi connectivity index (χ1v) is 25.1. The summed E-state index contributed by atoms with van der Waals surface area (Å²) in [5.74, 6) is -0.0776. The molecule has 0 aliphatic rings. The van der Waals surface area contributed by atoms with Gasteiger partial charge in [0.05, 0.1) is 25.4 Å². The Morgan fingerprint density at radius 2 is 0.825 bits per heavy atom. The summed E-state index contributed by atoms with van der Waals surface area (Å²) in [4.78, 5) is 24.3. The average molecular weight is 804 g/mol. The van der Waals surface area contributed by atoms with E-state index >= 15 is 0 Å². The van der Waals surface area contributed by atoms with Crippen LogP contribution in [0.15, 0.2) is 24.3 Å². The molecule has 0 aromatic heterocycles. The standard InChI is InChI=1S/C51H97NO5/c1-3-5-7-9-11-13-14-25-29-33-37-41-45-51(56)57-46-42-38-34-30-26-23-21-19-17-15-16-18-20-22-24-28-32-36-40-44-50(55)52-48(47-53)49(54)43-39-35-31-27-12-10-8-6-4-2/h15-16,39,43,48-49,53-54H,3-14,17-38,40-42,44-47H2,1-2H3,(H,52,55)/b16-15-,43-39+. The summed E-state index contributed by atoms with van der Waals surface area (Å²) in [6, 6.07) is -0.632. The van der Waals surface area contributed by atoms with Crippen LogP contribution in [0.4, 0.5) is 0 Å². The molecule has 2 atom stereocenters. The second kappa shape index (κ2) is 47.0. The lowest BCUT2D eigenvalue weighted by Crippen LogP contribution is -2.45. The second-order valence-electron chi connectivity index (χ2n) is 17.1. The third-order valence-corrected chi connectivity index (χ3v) is 11.5. The van der Waals surface area contributed by atoms with E-state index in [2.05, 4.69) is 31.3 Å². The summed E-state index contributed by atoms with van der Waals surface area (Å²) >= 11 is 0. The molecule has 6 heteroatoms. The second-order valence-corrected chi connectivity index (χ2v) is 17.1. The van der Waals surface area contributed by atoms with Gasteiger partial charge in [0.15, 0.2) is 0 Å². The number of amides is 1. The molecule has 2 unspecified atom stereocenters. The maximum Gasteiger partial charge on any atom is 0.305 e. The highest BCUT2D eigenvalue weighted by Gasteiger charge is 2.18. The van der Waals surface area contributed by atoms with Gasteiger partial charge in [-0.1, -0.05) is 218 Å². The van der Waals surface area contributed by atoms with Crippen LogP contribution in [0.2, 0.25) is 0 Å². The summed E-state index contributed by atoms with van der Waals surface area (Å²) in [5.41, 5.74) is 0. The van der Waals surface area contributed by atoms with E-state index in [1.165, 1.54) is 186 Å². The number of rotatable bonds is 46. The fourth-order valence-electron chi connectivity index (χ4n) is 7.57. The van der Waals surface area contributed by atoms with Gasteiger partial charge in [0.2, 0.25) is 5.91 Å². The number of esters is 1. The van der Waals surface area contributed by atoms with Crippen LogP contribution < -0.4 is 5.32 Å². The van der Waals surface area contributed by atoms with E-state index < -0.39 is 12.1 Å². The Balaban J connectivity index is 3.44. The average Bonchev–Trinajstić information content (AvgIpc) is 3.21. The van der Waals surface area contributed by atoms with Crippen molar-refractivity contribution in [2.45, 2.75) is 276 Å². The Labute approximate surface area is 354 Å². The van der Waals surface area contributed by atoms with E-state index in [9.17, 15) is 19.8 Å². The zero-order valence-electron chi connectivity index (χ0n) is 38.1. The molecule has 0 heterocycles. The number of unbranched alkanes of at least 4 members (excludes halogenated alkanes) is 33. The number of hydrogen-bond donors (Lipinski definition) is 3. The summed E-state index contributed by atoms with van der Waals surface area (Å²) in [6.45, 7) is 4.85. The van der Waals surface area contributed by atoms with E-state index in [0.29, 0.717) is 19.4 Å². The molecule has 3 N–H and O–H groups in total. The van der Waals surface area contributed by atoms with Crippen molar-refractivity contribution in [2.75, 3.05) is 13.2 Å². The van der Waals surface area contributed by atoms with Crippen molar-refractivity contribution in [2.24, 2.45) is 0 Å². The fraction of sp³-hybridized carbons (Fsp3) is 0.882. The highest BCUT2D eigenvalue weighted by molar-refractivity contribution is 5.76. The molecule has 6 nitrogen and oxygen atoms in total. The van der Waals surface area contributed by atoms with E-state index in [-0.39, 0.29) is 18.5 Å². The van der Waals surface area contributed by atoms with Crippen molar-refractivity contribution < 1.29 is 24.5 Å². The molecule has 1 amide bonds. The van der Waals surface area contributed by atoms with E-state index in [0.717, 1.165) is 51.4 Å². The smallest absolute Gasteiger partial charge is 0.305 e. The van der Waals surface area contributed by atoms with Gasteiger partial charge in [-0.3, -0.25) is 9.59 Å². The monoisotopic (exact) mass is 804 g/mol. The lowest BCUT2D eigenvalue weighted by Gasteiger charge is -2.20. The van der Waals surface area contributed by atoms with Gasteiger partial charge < -0.3 is 20.3 Å². The number of carbonyl (C=O) groups is 2. The third kappa shape index (κ3) is 43.7. The largest absolute Gasteiger partial charge is 0.466 e. The molecular formula is C51H97NO5. The minimum Gasteiger partial charge on any atom is -0.466 e. The predicted molar refractivity (Wildman–Crippen MR) is 246 cm³/mol. The van der Waals surface area contributed by atoms with Gasteiger partial charge in [0.25, 0.3) is 0 Å². The molecule has 0 spiro atoms. The van der Waals surface area contributed by atoms with Gasteiger partial charge in [-0.15, -0.1) is 0 Å². The Hall–Kier alpha value is -1.66. The van der Waals surface area contributed by atoms with Crippen LogP contribution in [0, 0.1) is 0 Å². The lowest BCUT2D eigenvalue weighted by atomic mass is 10.0. The fourth-order valence-corrected chi connectivity index (χ4v) is 7.57. The Kier molecular flexibility index (Phi) is 45.7. The topological polar surface area (TPSA) is 95.9 Å². The maximum atomic E-state index is 12.4. The van der Waals surface area contributed by atoms with E-state index in [1.54, 1.807) is 6.08 Å². The number of nitrogens with one attached hydrogen (secondary N) is 1. The van der Waals surface area contributed by atoms with Crippen LogP contribution in [0.1, 0.15) is 264 Å². The lowest BCUT2D eigenvalue weighted by molar-refractivity contribution is -0.143. The zero-order valence-corrected chi connectivity index (χ0v) is 38.1.